The molecule has 100 valence electrons. The highest BCUT2D eigenvalue weighted by Crippen LogP contribution is 2.36. The second-order valence-electron chi connectivity index (χ2n) is 5.97. The molecule has 5 nitrogen and oxygen atoms in total. The fourth-order valence-corrected chi connectivity index (χ4v) is 1.76. The SMILES string of the molecule is CCC(C)n1cc(B2OC(C)(C)C(C)(C)O2)nn1. The maximum atomic E-state index is 5.94. The van der Waals surface area contributed by atoms with Gasteiger partial charge in [-0.05, 0) is 41.0 Å². The zero-order chi connectivity index (χ0) is 13.6. The summed E-state index contributed by atoms with van der Waals surface area (Å²) in [6, 6.07) is 0.341. The van der Waals surface area contributed by atoms with Gasteiger partial charge in [0.15, 0.2) is 0 Å². The average Bonchev–Trinajstić information content (AvgIpc) is 2.82. The molecular weight excluding hydrogens is 229 g/mol. The van der Waals surface area contributed by atoms with Crippen molar-refractivity contribution < 1.29 is 9.31 Å². The monoisotopic (exact) mass is 251 g/mol. The normalized spacial score (nSPS) is 23.3. The summed E-state index contributed by atoms with van der Waals surface area (Å²) < 4.78 is 13.7. The van der Waals surface area contributed by atoms with Crippen molar-refractivity contribution >= 4 is 12.7 Å². The van der Waals surface area contributed by atoms with E-state index in [4.69, 9.17) is 9.31 Å². The molecule has 1 aromatic rings. The van der Waals surface area contributed by atoms with Crippen LogP contribution in [-0.2, 0) is 9.31 Å². The lowest BCUT2D eigenvalue weighted by Crippen LogP contribution is -2.41. The van der Waals surface area contributed by atoms with E-state index in [1.165, 1.54) is 0 Å². The second-order valence-corrected chi connectivity index (χ2v) is 5.97. The van der Waals surface area contributed by atoms with Crippen LogP contribution in [0.2, 0.25) is 0 Å². The van der Waals surface area contributed by atoms with Crippen molar-refractivity contribution in [3.8, 4) is 0 Å². The zero-order valence-electron chi connectivity index (χ0n) is 12.1. The van der Waals surface area contributed by atoms with E-state index in [9.17, 15) is 0 Å². The standard InChI is InChI=1S/C12H22BN3O2/c1-7-9(2)16-8-10(14-15-16)13-17-11(3,4)12(5,6)18-13/h8-9H,7H2,1-6H3. The summed E-state index contributed by atoms with van der Waals surface area (Å²) in [6.07, 6.45) is 2.93. The Kier molecular flexibility index (Phi) is 3.27. The first-order valence-corrected chi connectivity index (χ1v) is 6.54. The van der Waals surface area contributed by atoms with E-state index in [1.807, 2.05) is 38.6 Å². The Hall–Kier alpha value is -0.875. The Labute approximate surface area is 109 Å². The fraction of sp³-hybridized carbons (Fsp3) is 0.833. The van der Waals surface area contributed by atoms with Gasteiger partial charge in [0.25, 0.3) is 0 Å². The Balaban J connectivity index is 2.17. The van der Waals surface area contributed by atoms with Gasteiger partial charge in [0.05, 0.1) is 17.2 Å². The molecule has 2 heterocycles. The Morgan fingerprint density at radius 2 is 1.83 bits per heavy atom. The van der Waals surface area contributed by atoms with Crippen LogP contribution in [0.25, 0.3) is 0 Å². The number of hydrogen-bond acceptors (Lipinski definition) is 4. The lowest BCUT2D eigenvalue weighted by Gasteiger charge is -2.32. The minimum absolute atomic E-state index is 0.335. The smallest absolute Gasteiger partial charge is 0.398 e. The Morgan fingerprint density at radius 1 is 1.28 bits per heavy atom. The van der Waals surface area contributed by atoms with Gasteiger partial charge in [0.1, 0.15) is 5.59 Å². The molecule has 6 heteroatoms. The molecule has 0 bridgehead atoms. The summed E-state index contributed by atoms with van der Waals surface area (Å²) in [5, 5.41) is 8.30. The summed E-state index contributed by atoms with van der Waals surface area (Å²) in [6.45, 7) is 12.4. The third-order valence-corrected chi connectivity index (χ3v) is 4.07. The average molecular weight is 251 g/mol. The topological polar surface area (TPSA) is 49.2 Å². The zero-order valence-corrected chi connectivity index (χ0v) is 12.1. The minimum atomic E-state index is -0.423. The molecule has 0 N–H and O–H groups in total. The van der Waals surface area contributed by atoms with Gasteiger partial charge in [-0.1, -0.05) is 12.1 Å². The second kappa shape index (κ2) is 4.35. The van der Waals surface area contributed by atoms with E-state index in [0.29, 0.717) is 6.04 Å². The van der Waals surface area contributed by atoms with Crippen molar-refractivity contribution in [1.82, 2.24) is 15.0 Å². The summed E-state index contributed by atoms with van der Waals surface area (Å²) in [4.78, 5) is 0. The van der Waals surface area contributed by atoms with E-state index in [-0.39, 0.29) is 11.2 Å². The third-order valence-electron chi connectivity index (χ3n) is 4.07. The molecule has 1 aromatic heterocycles. The van der Waals surface area contributed by atoms with Crippen molar-refractivity contribution in [2.75, 3.05) is 0 Å². The first-order chi connectivity index (χ1) is 8.27. The number of rotatable bonds is 3. The molecule has 0 aliphatic carbocycles. The molecule has 0 saturated carbocycles. The van der Waals surface area contributed by atoms with Crippen molar-refractivity contribution in [3.63, 3.8) is 0 Å². The molecule has 1 unspecified atom stereocenters. The molecule has 0 amide bonds. The van der Waals surface area contributed by atoms with Crippen LogP contribution in [0.5, 0.6) is 0 Å². The van der Waals surface area contributed by atoms with Crippen molar-refractivity contribution in [1.29, 1.82) is 0 Å². The summed E-state index contributed by atoms with van der Waals surface area (Å²) >= 11 is 0. The van der Waals surface area contributed by atoms with Gasteiger partial charge in [-0.15, -0.1) is 5.10 Å². The Morgan fingerprint density at radius 3 is 2.33 bits per heavy atom. The molecule has 1 saturated heterocycles. The third kappa shape index (κ3) is 2.19. The maximum absolute atomic E-state index is 5.94. The van der Waals surface area contributed by atoms with E-state index in [2.05, 4.69) is 24.2 Å². The lowest BCUT2D eigenvalue weighted by molar-refractivity contribution is 0.00578. The van der Waals surface area contributed by atoms with Crippen molar-refractivity contribution in [2.45, 2.75) is 65.2 Å². The lowest BCUT2D eigenvalue weighted by atomic mass is 9.86. The van der Waals surface area contributed by atoms with Gasteiger partial charge < -0.3 is 9.31 Å². The highest BCUT2D eigenvalue weighted by atomic mass is 16.7. The summed E-state index contributed by atoms with van der Waals surface area (Å²) in [5.41, 5.74) is 0.0734. The van der Waals surface area contributed by atoms with Crippen LogP contribution in [0.1, 0.15) is 54.0 Å². The number of nitrogens with zero attached hydrogens (tertiary/aromatic N) is 3. The van der Waals surface area contributed by atoms with Crippen LogP contribution in [0, 0.1) is 0 Å². The molecular formula is C12H22BN3O2. The largest absolute Gasteiger partial charge is 0.518 e. The first-order valence-electron chi connectivity index (χ1n) is 6.54. The molecule has 18 heavy (non-hydrogen) atoms. The van der Waals surface area contributed by atoms with Gasteiger partial charge in [0, 0.05) is 6.20 Å². The maximum Gasteiger partial charge on any atom is 0.518 e. The number of aromatic nitrogens is 3. The summed E-state index contributed by atoms with van der Waals surface area (Å²) in [7, 11) is -0.423. The molecule has 0 aromatic carbocycles. The molecule has 1 fully saturated rings. The van der Waals surface area contributed by atoms with Gasteiger partial charge >= 0.3 is 7.12 Å². The van der Waals surface area contributed by atoms with Crippen LogP contribution in [0.3, 0.4) is 0 Å². The highest BCUT2D eigenvalue weighted by molar-refractivity contribution is 6.61. The van der Waals surface area contributed by atoms with E-state index >= 15 is 0 Å². The van der Waals surface area contributed by atoms with E-state index in [1.54, 1.807) is 0 Å². The fourth-order valence-electron chi connectivity index (χ4n) is 1.76. The minimum Gasteiger partial charge on any atom is -0.398 e. The molecule has 0 spiro atoms. The van der Waals surface area contributed by atoms with Gasteiger partial charge in [-0.3, -0.25) is 4.68 Å². The molecule has 0 radical (unpaired) electrons. The molecule has 1 atom stereocenters. The first kappa shape index (κ1) is 13.6. The Bertz CT molecular complexity index is 415. The van der Waals surface area contributed by atoms with Crippen LogP contribution in [0.15, 0.2) is 6.20 Å². The highest BCUT2D eigenvalue weighted by Gasteiger charge is 2.52. The van der Waals surface area contributed by atoms with Crippen LogP contribution < -0.4 is 5.59 Å². The quantitative estimate of drug-likeness (QED) is 0.765. The predicted octanol–water partition coefficient (Wildman–Crippen LogP) is 1.55. The van der Waals surface area contributed by atoms with Crippen LogP contribution >= 0.6 is 0 Å². The van der Waals surface area contributed by atoms with Crippen LogP contribution in [-0.4, -0.2) is 33.3 Å². The van der Waals surface area contributed by atoms with E-state index < -0.39 is 7.12 Å². The van der Waals surface area contributed by atoms with Crippen molar-refractivity contribution in [3.05, 3.63) is 6.20 Å². The molecule has 1 aliphatic rings. The predicted molar refractivity (Wildman–Crippen MR) is 70.7 cm³/mol. The van der Waals surface area contributed by atoms with Gasteiger partial charge in [-0.2, -0.15) is 0 Å². The molecule has 2 rings (SSSR count). The van der Waals surface area contributed by atoms with Gasteiger partial charge in [0.2, 0.25) is 0 Å². The van der Waals surface area contributed by atoms with Gasteiger partial charge in [-0.25, -0.2) is 0 Å². The summed E-state index contributed by atoms with van der Waals surface area (Å²) in [5.74, 6) is 0. The van der Waals surface area contributed by atoms with Crippen LogP contribution in [0.4, 0.5) is 0 Å². The number of hydrogen-bond donors (Lipinski definition) is 0. The van der Waals surface area contributed by atoms with E-state index in [0.717, 1.165) is 12.0 Å². The molecule has 1 aliphatic heterocycles. The van der Waals surface area contributed by atoms with Crippen molar-refractivity contribution in [2.24, 2.45) is 0 Å².